The lowest BCUT2D eigenvalue weighted by molar-refractivity contribution is -0.408. The Morgan fingerprint density at radius 3 is 1.29 bits per heavy atom. The minimum atomic E-state index is -0.0707. The van der Waals surface area contributed by atoms with E-state index in [1.54, 1.807) is 0 Å². The van der Waals surface area contributed by atoms with Gasteiger partial charge in [-0.3, -0.25) is 4.79 Å². The average molecular weight is 527 g/mol. The first-order valence-electron chi connectivity index (χ1n) is 14.6. The Labute approximate surface area is 226 Å². The van der Waals surface area contributed by atoms with Crippen molar-refractivity contribution in [1.29, 1.82) is 0 Å². The number of carbonyl (C=O) groups excluding carboxylic acids is 1. The summed E-state index contributed by atoms with van der Waals surface area (Å²) in [7, 11) is 0. The molecule has 0 unspecified atom stereocenters. The van der Waals surface area contributed by atoms with Gasteiger partial charge in [0.05, 0.1) is 6.54 Å². The van der Waals surface area contributed by atoms with Gasteiger partial charge in [0, 0.05) is 19.5 Å². The number of hydrogen-bond acceptors (Lipinski definition) is 1. The second-order valence-electron chi connectivity index (χ2n) is 10.0. The normalized spacial score (nSPS) is 11.5. The molecule has 0 aliphatic rings. The molecule has 0 bridgehead atoms. The average Bonchev–Trinajstić information content (AvgIpc) is 2.80. The number of rotatable bonds is 25. The van der Waals surface area contributed by atoms with Gasteiger partial charge in [-0.15, -0.1) is 0 Å². The standard InChI is InChI=1S/C28H59N3O.2ClH/c1-3-5-7-9-11-13-15-17-21-25-31(28(32)27(30)23-19-20-24-29)26-22-18-16-14-12-10-8-6-4-2;;/h27H,3-26,29-30H2,1-2H3;2*1H/t27-;;/m0../s1. The van der Waals surface area contributed by atoms with Crippen LogP contribution in [0, 0.1) is 0 Å². The molecule has 0 rings (SSSR count). The summed E-state index contributed by atoms with van der Waals surface area (Å²) >= 11 is 0. The molecule has 0 aromatic carbocycles. The summed E-state index contributed by atoms with van der Waals surface area (Å²) < 4.78 is 0. The van der Waals surface area contributed by atoms with E-state index in [1.807, 2.05) is 0 Å². The van der Waals surface area contributed by atoms with E-state index in [2.05, 4.69) is 30.2 Å². The predicted octanol–water partition coefficient (Wildman–Crippen LogP) is -0.0927. The van der Waals surface area contributed by atoms with Crippen molar-refractivity contribution >= 4 is 5.91 Å². The van der Waals surface area contributed by atoms with E-state index >= 15 is 0 Å². The van der Waals surface area contributed by atoms with Crippen LogP contribution in [0.3, 0.4) is 0 Å². The zero-order valence-corrected chi connectivity index (χ0v) is 24.6. The first-order chi connectivity index (χ1) is 15.7. The summed E-state index contributed by atoms with van der Waals surface area (Å²) in [5, 5.41) is 0. The highest BCUT2D eigenvalue weighted by molar-refractivity contribution is 5.80. The highest BCUT2D eigenvalue weighted by Crippen LogP contribution is 2.13. The second-order valence-corrected chi connectivity index (χ2v) is 10.0. The van der Waals surface area contributed by atoms with E-state index in [0.717, 1.165) is 51.7 Å². The zero-order chi connectivity index (χ0) is 23.7. The van der Waals surface area contributed by atoms with Crippen LogP contribution in [-0.4, -0.2) is 36.5 Å². The summed E-state index contributed by atoms with van der Waals surface area (Å²) in [5.74, 6) is 0.299. The smallest absolute Gasteiger partial charge is 0.280 e. The molecule has 0 aromatic rings. The topological polar surface area (TPSA) is 75.6 Å². The van der Waals surface area contributed by atoms with E-state index in [0.29, 0.717) is 5.91 Å². The molecule has 0 spiro atoms. The van der Waals surface area contributed by atoms with E-state index in [1.165, 1.54) is 103 Å². The molecule has 0 saturated heterocycles. The maximum Gasteiger partial charge on any atom is 0.280 e. The Balaban J connectivity index is -0.00000480. The number of nitrogens with zero attached hydrogens (tertiary/aromatic N) is 1. The summed E-state index contributed by atoms with van der Waals surface area (Å²) in [6.45, 7) is 7.39. The molecule has 0 saturated carbocycles. The SMILES string of the molecule is CCCCCCCCCCCN(CCCCCCCCCCC)C(=O)[C@@H]([NH3+])CCCC[NH3+].[Cl-].[Cl-]. The first-order valence-corrected chi connectivity index (χ1v) is 14.6. The fraction of sp³-hybridized carbons (Fsp3) is 0.964. The van der Waals surface area contributed by atoms with Crippen LogP contribution in [0.5, 0.6) is 0 Å². The molecule has 6 N–H and O–H groups in total. The summed E-state index contributed by atoms with van der Waals surface area (Å²) in [4.78, 5) is 15.2. The molecular formula is C28H61Cl2N3O. The van der Waals surface area contributed by atoms with E-state index in [9.17, 15) is 4.79 Å². The molecule has 34 heavy (non-hydrogen) atoms. The fourth-order valence-electron chi connectivity index (χ4n) is 4.51. The van der Waals surface area contributed by atoms with Gasteiger partial charge >= 0.3 is 0 Å². The lowest BCUT2D eigenvalue weighted by Gasteiger charge is -2.24. The summed E-state index contributed by atoms with van der Waals surface area (Å²) in [6.07, 6.45) is 27.1. The molecule has 0 heterocycles. The highest BCUT2D eigenvalue weighted by Gasteiger charge is 2.23. The van der Waals surface area contributed by atoms with Crippen molar-refractivity contribution in [2.45, 2.75) is 155 Å². The van der Waals surface area contributed by atoms with Gasteiger partial charge in [-0.1, -0.05) is 117 Å². The third-order valence-corrected chi connectivity index (χ3v) is 6.78. The largest absolute Gasteiger partial charge is 1.00 e. The molecule has 1 amide bonds. The summed E-state index contributed by atoms with van der Waals surface area (Å²) in [5.41, 5.74) is 8.12. The summed E-state index contributed by atoms with van der Waals surface area (Å²) in [6, 6.07) is -0.0707. The number of quaternary nitrogens is 2. The molecule has 0 radical (unpaired) electrons. The van der Waals surface area contributed by atoms with Crippen molar-refractivity contribution in [1.82, 2.24) is 4.90 Å². The van der Waals surface area contributed by atoms with Crippen LogP contribution < -0.4 is 36.3 Å². The Hall–Kier alpha value is -0.0300. The van der Waals surface area contributed by atoms with Crippen LogP contribution in [-0.2, 0) is 4.79 Å². The van der Waals surface area contributed by atoms with E-state index in [-0.39, 0.29) is 30.9 Å². The van der Waals surface area contributed by atoms with Gasteiger partial charge in [0.25, 0.3) is 5.91 Å². The highest BCUT2D eigenvalue weighted by atomic mass is 35.5. The Bertz CT molecular complexity index is 378. The number of halogens is 2. The van der Waals surface area contributed by atoms with Gasteiger partial charge in [-0.2, -0.15) is 0 Å². The predicted molar refractivity (Wildman–Crippen MR) is 139 cm³/mol. The minimum absolute atomic E-state index is 0. The van der Waals surface area contributed by atoms with Gasteiger partial charge in [0.1, 0.15) is 0 Å². The minimum Gasteiger partial charge on any atom is -1.00 e. The number of amides is 1. The van der Waals surface area contributed by atoms with Crippen molar-refractivity contribution in [2.24, 2.45) is 0 Å². The van der Waals surface area contributed by atoms with Crippen molar-refractivity contribution < 1.29 is 41.1 Å². The van der Waals surface area contributed by atoms with Crippen LogP contribution in [0.25, 0.3) is 0 Å². The Morgan fingerprint density at radius 2 is 0.941 bits per heavy atom. The lowest BCUT2D eigenvalue weighted by atomic mass is 10.1. The van der Waals surface area contributed by atoms with Crippen LogP contribution in [0.15, 0.2) is 0 Å². The molecule has 0 aromatic heterocycles. The molecule has 4 nitrogen and oxygen atoms in total. The molecular weight excluding hydrogens is 465 g/mol. The third-order valence-electron chi connectivity index (χ3n) is 6.78. The Kier molecular flexibility index (Phi) is 35.1. The molecule has 0 aliphatic heterocycles. The van der Waals surface area contributed by atoms with Crippen molar-refractivity contribution in [2.75, 3.05) is 19.6 Å². The van der Waals surface area contributed by atoms with Gasteiger partial charge in [-0.25, -0.2) is 0 Å². The van der Waals surface area contributed by atoms with Gasteiger partial charge in [0.15, 0.2) is 6.04 Å². The molecule has 208 valence electrons. The first kappa shape index (κ1) is 38.5. The molecule has 6 heteroatoms. The molecule has 1 atom stereocenters. The Morgan fingerprint density at radius 1 is 0.588 bits per heavy atom. The van der Waals surface area contributed by atoms with Gasteiger partial charge in [-0.05, 0) is 25.7 Å². The lowest BCUT2D eigenvalue weighted by Crippen LogP contribution is -3.00. The quantitative estimate of drug-likeness (QED) is 0.160. The maximum absolute atomic E-state index is 13.0. The zero-order valence-electron chi connectivity index (χ0n) is 23.1. The van der Waals surface area contributed by atoms with Crippen LogP contribution in [0.1, 0.15) is 149 Å². The van der Waals surface area contributed by atoms with Crippen molar-refractivity contribution in [3.63, 3.8) is 0 Å². The maximum atomic E-state index is 13.0. The molecule has 0 aliphatic carbocycles. The number of hydrogen-bond donors (Lipinski definition) is 2. The van der Waals surface area contributed by atoms with E-state index in [4.69, 9.17) is 0 Å². The molecule has 0 fully saturated rings. The van der Waals surface area contributed by atoms with Crippen molar-refractivity contribution in [3.8, 4) is 0 Å². The van der Waals surface area contributed by atoms with Crippen molar-refractivity contribution in [3.05, 3.63) is 0 Å². The monoisotopic (exact) mass is 525 g/mol. The second kappa shape index (κ2) is 31.0. The fourth-order valence-corrected chi connectivity index (χ4v) is 4.51. The number of unbranched alkanes of at least 4 members (excludes halogenated alkanes) is 17. The van der Waals surface area contributed by atoms with Crippen LogP contribution in [0.4, 0.5) is 0 Å². The van der Waals surface area contributed by atoms with E-state index < -0.39 is 0 Å². The third kappa shape index (κ3) is 25.1. The van der Waals surface area contributed by atoms with Crippen LogP contribution >= 0.6 is 0 Å². The van der Waals surface area contributed by atoms with Gasteiger partial charge < -0.3 is 41.2 Å². The van der Waals surface area contributed by atoms with Crippen LogP contribution in [0.2, 0.25) is 0 Å². The van der Waals surface area contributed by atoms with Gasteiger partial charge in [0.2, 0.25) is 0 Å². The number of carbonyl (C=O) groups is 1.